The van der Waals surface area contributed by atoms with Gasteiger partial charge in [0.25, 0.3) is 5.91 Å². The highest BCUT2D eigenvalue weighted by atomic mass is 32.1. The van der Waals surface area contributed by atoms with E-state index < -0.39 is 0 Å². The third-order valence-corrected chi connectivity index (χ3v) is 5.22. The summed E-state index contributed by atoms with van der Waals surface area (Å²) in [5, 5.41) is 6.78. The van der Waals surface area contributed by atoms with Gasteiger partial charge in [0.1, 0.15) is 10.7 Å². The summed E-state index contributed by atoms with van der Waals surface area (Å²) in [6, 6.07) is 10.4. The fourth-order valence-electron chi connectivity index (χ4n) is 2.99. The molecular weight excluding hydrogens is 360 g/mol. The molecule has 3 rings (SSSR count). The molecule has 6 nitrogen and oxygen atoms in total. The standard InChI is InChI=1S/C20H26N4O2S/c1-23(2)10-6-9-21-19(25)16-14-27-20(22-16)18-13-15-7-4-5-8-17(15)24(18)11-12-26-3/h4-5,7-8,13-14H,6,9-12H2,1-3H3,(H,21,25). The highest BCUT2D eigenvalue weighted by Crippen LogP contribution is 2.30. The lowest BCUT2D eigenvalue weighted by Crippen LogP contribution is -2.27. The second-order valence-corrected chi connectivity index (χ2v) is 7.54. The van der Waals surface area contributed by atoms with Crippen LogP contribution in [0.5, 0.6) is 0 Å². The van der Waals surface area contributed by atoms with Crippen LogP contribution < -0.4 is 5.32 Å². The molecule has 0 aliphatic heterocycles. The van der Waals surface area contributed by atoms with Crippen molar-refractivity contribution in [1.29, 1.82) is 0 Å². The Labute approximate surface area is 163 Å². The number of carbonyl (C=O) groups is 1. The first-order valence-electron chi connectivity index (χ1n) is 9.06. The summed E-state index contributed by atoms with van der Waals surface area (Å²) in [7, 11) is 5.75. The van der Waals surface area contributed by atoms with Gasteiger partial charge in [-0.3, -0.25) is 4.79 Å². The van der Waals surface area contributed by atoms with Gasteiger partial charge in [0.05, 0.1) is 12.3 Å². The van der Waals surface area contributed by atoms with Crippen molar-refractivity contribution >= 4 is 28.1 Å². The lowest BCUT2D eigenvalue weighted by molar-refractivity contribution is 0.0948. The van der Waals surface area contributed by atoms with E-state index in [1.807, 2.05) is 31.6 Å². The van der Waals surface area contributed by atoms with Gasteiger partial charge in [0.15, 0.2) is 0 Å². The largest absolute Gasteiger partial charge is 0.383 e. The van der Waals surface area contributed by atoms with E-state index in [1.165, 1.54) is 11.3 Å². The molecule has 1 N–H and O–H groups in total. The van der Waals surface area contributed by atoms with Gasteiger partial charge in [-0.2, -0.15) is 0 Å². The Hall–Kier alpha value is -2.22. The van der Waals surface area contributed by atoms with Crippen LogP contribution in [0, 0.1) is 0 Å². The quantitative estimate of drug-likeness (QED) is 0.574. The number of methoxy groups -OCH3 is 1. The number of para-hydroxylation sites is 1. The maximum atomic E-state index is 12.4. The lowest BCUT2D eigenvalue weighted by Gasteiger charge is -2.09. The van der Waals surface area contributed by atoms with Crippen LogP contribution in [-0.4, -0.2) is 61.3 Å². The van der Waals surface area contributed by atoms with Crippen molar-refractivity contribution in [2.45, 2.75) is 13.0 Å². The molecule has 0 fully saturated rings. The molecule has 7 heteroatoms. The van der Waals surface area contributed by atoms with Gasteiger partial charge in [-0.25, -0.2) is 4.98 Å². The van der Waals surface area contributed by atoms with E-state index in [-0.39, 0.29) is 5.91 Å². The van der Waals surface area contributed by atoms with Crippen molar-refractivity contribution in [3.05, 3.63) is 41.4 Å². The lowest BCUT2D eigenvalue weighted by atomic mass is 10.2. The molecule has 0 bridgehead atoms. The van der Waals surface area contributed by atoms with Crippen LogP contribution in [0.25, 0.3) is 21.6 Å². The Bertz CT molecular complexity index is 900. The van der Waals surface area contributed by atoms with Crippen molar-refractivity contribution in [3.63, 3.8) is 0 Å². The first-order chi connectivity index (χ1) is 13.1. The Kier molecular flexibility index (Phi) is 6.60. The number of hydrogen-bond acceptors (Lipinski definition) is 5. The van der Waals surface area contributed by atoms with Crippen LogP contribution in [0.2, 0.25) is 0 Å². The molecule has 0 spiro atoms. The summed E-state index contributed by atoms with van der Waals surface area (Å²) in [4.78, 5) is 19.1. The summed E-state index contributed by atoms with van der Waals surface area (Å²) in [6.45, 7) is 2.96. The number of benzene rings is 1. The minimum Gasteiger partial charge on any atom is -0.383 e. The van der Waals surface area contributed by atoms with Gasteiger partial charge in [-0.15, -0.1) is 11.3 Å². The number of amides is 1. The van der Waals surface area contributed by atoms with E-state index in [1.54, 1.807) is 7.11 Å². The van der Waals surface area contributed by atoms with Crippen LogP contribution in [0.3, 0.4) is 0 Å². The predicted molar refractivity (Wildman–Crippen MR) is 110 cm³/mol. The fraction of sp³-hybridized carbons (Fsp3) is 0.400. The molecule has 0 aliphatic rings. The third-order valence-electron chi connectivity index (χ3n) is 4.35. The summed E-state index contributed by atoms with van der Waals surface area (Å²) in [6.07, 6.45) is 0.918. The Morgan fingerprint density at radius 1 is 1.33 bits per heavy atom. The second kappa shape index (κ2) is 9.12. The number of hydrogen-bond donors (Lipinski definition) is 1. The summed E-state index contributed by atoms with van der Waals surface area (Å²) in [5.74, 6) is -0.115. The molecule has 3 aromatic rings. The fourth-order valence-corrected chi connectivity index (χ4v) is 3.82. The van der Waals surface area contributed by atoms with Gasteiger partial charge < -0.3 is 19.5 Å². The molecule has 0 atom stereocenters. The van der Waals surface area contributed by atoms with E-state index in [9.17, 15) is 4.79 Å². The molecule has 0 saturated carbocycles. The maximum Gasteiger partial charge on any atom is 0.270 e. The van der Waals surface area contributed by atoms with Gasteiger partial charge in [-0.1, -0.05) is 18.2 Å². The zero-order valence-corrected chi connectivity index (χ0v) is 16.9. The van der Waals surface area contributed by atoms with Crippen molar-refractivity contribution in [1.82, 2.24) is 19.8 Å². The molecule has 1 aromatic carbocycles. The number of carbonyl (C=O) groups excluding carboxylic acids is 1. The first-order valence-corrected chi connectivity index (χ1v) is 9.94. The van der Waals surface area contributed by atoms with Crippen molar-refractivity contribution in [2.75, 3.05) is 40.9 Å². The molecule has 144 valence electrons. The topological polar surface area (TPSA) is 59.4 Å². The maximum absolute atomic E-state index is 12.4. The second-order valence-electron chi connectivity index (χ2n) is 6.68. The van der Waals surface area contributed by atoms with E-state index in [0.29, 0.717) is 18.8 Å². The number of aromatic nitrogens is 2. The first kappa shape index (κ1) is 19.5. The number of nitrogens with one attached hydrogen (secondary N) is 1. The Morgan fingerprint density at radius 2 is 2.15 bits per heavy atom. The average Bonchev–Trinajstić information content (AvgIpc) is 3.28. The number of thiazole rings is 1. The molecular formula is C20H26N4O2S. The van der Waals surface area contributed by atoms with Gasteiger partial charge in [0.2, 0.25) is 0 Å². The smallest absolute Gasteiger partial charge is 0.270 e. The minimum absolute atomic E-state index is 0.115. The number of nitrogens with zero attached hydrogens (tertiary/aromatic N) is 3. The van der Waals surface area contributed by atoms with Crippen LogP contribution >= 0.6 is 11.3 Å². The third kappa shape index (κ3) is 4.74. The van der Waals surface area contributed by atoms with E-state index in [2.05, 4.69) is 38.0 Å². The molecule has 1 amide bonds. The molecule has 27 heavy (non-hydrogen) atoms. The predicted octanol–water partition coefficient (Wildman–Crippen LogP) is 3.09. The van der Waals surface area contributed by atoms with E-state index in [0.717, 1.165) is 41.1 Å². The van der Waals surface area contributed by atoms with E-state index >= 15 is 0 Å². The molecule has 0 unspecified atom stereocenters. The Balaban J connectivity index is 1.78. The van der Waals surface area contributed by atoms with Crippen LogP contribution in [0.1, 0.15) is 16.9 Å². The molecule has 2 aromatic heterocycles. The Morgan fingerprint density at radius 3 is 2.93 bits per heavy atom. The van der Waals surface area contributed by atoms with Crippen molar-refractivity contribution in [3.8, 4) is 10.7 Å². The zero-order valence-electron chi connectivity index (χ0n) is 16.1. The molecule has 0 saturated heterocycles. The number of rotatable bonds is 9. The monoisotopic (exact) mass is 386 g/mol. The molecule has 0 radical (unpaired) electrons. The van der Waals surface area contributed by atoms with Crippen molar-refractivity contribution < 1.29 is 9.53 Å². The normalized spacial score (nSPS) is 11.4. The molecule has 0 aliphatic carbocycles. The van der Waals surface area contributed by atoms with Gasteiger partial charge in [0, 0.05) is 36.5 Å². The SMILES string of the molecule is COCCn1c(-c2nc(C(=O)NCCCN(C)C)cs2)cc2ccccc21. The number of ether oxygens (including phenoxy) is 1. The molecule has 2 heterocycles. The highest BCUT2D eigenvalue weighted by molar-refractivity contribution is 7.13. The van der Waals surface area contributed by atoms with Crippen LogP contribution in [0.15, 0.2) is 35.7 Å². The van der Waals surface area contributed by atoms with Crippen LogP contribution in [0.4, 0.5) is 0 Å². The van der Waals surface area contributed by atoms with Gasteiger partial charge in [-0.05, 0) is 39.2 Å². The minimum atomic E-state index is -0.115. The van der Waals surface area contributed by atoms with Gasteiger partial charge >= 0.3 is 0 Å². The zero-order chi connectivity index (χ0) is 19.2. The van der Waals surface area contributed by atoms with Crippen molar-refractivity contribution in [2.24, 2.45) is 0 Å². The number of fused-ring (bicyclic) bond motifs is 1. The summed E-state index contributed by atoms with van der Waals surface area (Å²) < 4.78 is 7.47. The van der Waals surface area contributed by atoms with E-state index in [4.69, 9.17) is 4.74 Å². The summed E-state index contributed by atoms with van der Waals surface area (Å²) >= 11 is 1.50. The highest BCUT2D eigenvalue weighted by Gasteiger charge is 2.16. The average molecular weight is 387 g/mol. The van der Waals surface area contributed by atoms with Crippen LogP contribution in [-0.2, 0) is 11.3 Å². The summed E-state index contributed by atoms with van der Waals surface area (Å²) in [5.41, 5.74) is 2.64.